The number of hydrogen-bond acceptors (Lipinski definition) is 6. The van der Waals surface area contributed by atoms with Crippen LogP contribution in [0.3, 0.4) is 0 Å². The predicted octanol–water partition coefficient (Wildman–Crippen LogP) is 2.93. The van der Waals surface area contributed by atoms with E-state index in [9.17, 15) is 19.2 Å². The van der Waals surface area contributed by atoms with Gasteiger partial charge in [0.1, 0.15) is 17.4 Å². The Hall–Kier alpha value is -3.85. The Kier molecular flexibility index (Phi) is 8.71. The topological polar surface area (TPSA) is 135 Å². The summed E-state index contributed by atoms with van der Waals surface area (Å²) in [5, 5.41) is 15.2. The highest BCUT2D eigenvalue weighted by atomic mass is 35.5. The third kappa shape index (κ3) is 6.42. The molecule has 1 aromatic heterocycles. The molecule has 3 N–H and O–H groups in total. The first kappa shape index (κ1) is 26.7. The molecule has 10 heteroatoms. The van der Waals surface area contributed by atoms with Crippen LogP contribution in [0.15, 0.2) is 45.6 Å². The highest BCUT2D eigenvalue weighted by Crippen LogP contribution is 2.29. The van der Waals surface area contributed by atoms with Crippen molar-refractivity contribution in [2.24, 2.45) is 0 Å². The van der Waals surface area contributed by atoms with Gasteiger partial charge in [-0.05, 0) is 49.2 Å². The van der Waals surface area contributed by atoms with Crippen molar-refractivity contribution in [2.45, 2.75) is 39.2 Å². The largest absolute Gasteiger partial charge is 0.496 e. The van der Waals surface area contributed by atoms with Crippen LogP contribution in [0.5, 0.6) is 5.75 Å². The minimum atomic E-state index is -1.06. The number of benzene rings is 2. The van der Waals surface area contributed by atoms with Gasteiger partial charge in [-0.2, -0.15) is 0 Å². The molecule has 0 saturated heterocycles. The van der Waals surface area contributed by atoms with E-state index in [2.05, 4.69) is 10.6 Å². The molecule has 2 amide bonds. The fourth-order valence-corrected chi connectivity index (χ4v) is 4.01. The number of fused-ring (bicyclic) bond motifs is 1. The van der Waals surface area contributed by atoms with Crippen LogP contribution < -0.4 is 21.0 Å². The van der Waals surface area contributed by atoms with Crippen LogP contribution >= 0.6 is 11.6 Å². The van der Waals surface area contributed by atoms with E-state index >= 15 is 0 Å². The van der Waals surface area contributed by atoms with E-state index < -0.39 is 29.5 Å². The third-order valence-corrected chi connectivity index (χ3v) is 6.11. The summed E-state index contributed by atoms with van der Waals surface area (Å²) < 4.78 is 10.8. The number of carbonyl (C=O) groups is 3. The van der Waals surface area contributed by atoms with Crippen molar-refractivity contribution < 1.29 is 28.6 Å². The second-order valence-corrected chi connectivity index (χ2v) is 8.76. The molecule has 0 aliphatic heterocycles. The zero-order valence-electron chi connectivity index (χ0n) is 20.1. The quantitative estimate of drug-likeness (QED) is 0.354. The predicted molar refractivity (Wildman–Crippen MR) is 135 cm³/mol. The second-order valence-electron chi connectivity index (χ2n) is 8.32. The summed E-state index contributed by atoms with van der Waals surface area (Å²) in [5.74, 6) is -1.57. The van der Waals surface area contributed by atoms with Crippen molar-refractivity contribution in [2.75, 3.05) is 13.7 Å². The smallest absolute Gasteiger partial charge is 0.340 e. The summed E-state index contributed by atoms with van der Waals surface area (Å²) in [6.07, 6.45) is -0.407. The number of nitrogens with one attached hydrogen (secondary N) is 2. The molecule has 0 radical (unpaired) electrons. The van der Waals surface area contributed by atoms with Crippen LogP contribution in [-0.4, -0.2) is 42.6 Å². The minimum Gasteiger partial charge on any atom is -0.496 e. The van der Waals surface area contributed by atoms with E-state index in [0.717, 1.165) is 5.56 Å². The molecule has 0 fully saturated rings. The summed E-state index contributed by atoms with van der Waals surface area (Å²) in [6.45, 7) is 3.43. The molecule has 0 aliphatic carbocycles. The summed E-state index contributed by atoms with van der Waals surface area (Å²) >= 11 is 5.93. The van der Waals surface area contributed by atoms with E-state index in [-0.39, 0.29) is 31.4 Å². The molecular formula is C26H27ClN2O7. The van der Waals surface area contributed by atoms with Gasteiger partial charge >= 0.3 is 11.6 Å². The van der Waals surface area contributed by atoms with Crippen molar-refractivity contribution in [1.29, 1.82) is 0 Å². The number of amides is 2. The van der Waals surface area contributed by atoms with E-state index in [0.29, 0.717) is 32.9 Å². The lowest BCUT2D eigenvalue weighted by Crippen LogP contribution is -2.49. The lowest BCUT2D eigenvalue weighted by molar-refractivity contribution is -0.137. The Bertz CT molecular complexity index is 1350. The molecule has 3 aromatic rings. The van der Waals surface area contributed by atoms with Crippen molar-refractivity contribution in [3.63, 3.8) is 0 Å². The van der Waals surface area contributed by atoms with Crippen LogP contribution in [0.2, 0.25) is 5.02 Å². The Balaban J connectivity index is 1.83. The number of carbonyl (C=O) groups excluding carboxylic acids is 2. The van der Waals surface area contributed by atoms with Gasteiger partial charge in [-0.15, -0.1) is 0 Å². The summed E-state index contributed by atoms with van der Waals surface area (Å²) in [5.41, 5.74) is 1.94. The maximum absolute atomic E-state index is 13.0. The van der Waals surface area contributed by atoms with Crippen LogP contribution in [-0.2, 0) is 27.2 Å². The average Bonchev–Trinajstić information content (AvgIpc) is 2.83. The van der Waals surface area contributed by atoms with Crippen LogP contribution in [0.4, 0.5) is 0 Å². The number of rotatable bonds is 10. The normalized spacial score (nSPS) is 11.7. The van der Waals surface area contributed by atoms with Gasteiger partial charge in [0, 0.05) is 28.9 Å². The zero-order valence-corrected chi connectivity index (χ0v) is 20.9. The first-order valence-corrected chi connectivity index (χ1v) is 11.6. The maximum Gasteiger partial charge on any atom is 0.340 e. The number of methoxy groups -OCH3 is 1. The maximum atomic E-state index is 13.0. The monoisotopic (exact) mass is 514 g/mol. The summed E-state index contributed by atoms with van der Waals surface area (Å²) in [7, 11) is 1.52. The van der Waals surface area contributed by atoms with Crippen LogP contribution in [0.1, 0.15) is 28.7 Å². The van der Waals surface area contributed by atoms with Gasteiger partial charge in [0.15, 0.2) is 0 Å². The highest BCUT2D eigenvalue weighted by Gasteiger charge is 2.23. The lowest BCUT2D eigenvalue weighted by atomic mass is 10.0. The summed E-state index contributed by atoms with van der Waals surface area (Å²) in [4.78, 5) is 49.3. The standard InChI is InChI=1S/C26H27ClN2O7/c1-14-18-8-9-21(35-3)15(2)24(18)36-26(34)19(14)13-22(30)29-20(25(33)28-11-10-23(31)32)12-16-4-6-17(27)7-5-16/h4-9,20H,10-13H2,1-3H3,(H,28,33)(H,29,30)(H,31,32)/t20-/m0/s1. The third-order valence-electron chi connectivity index (χ3n) is 5.85. The zero-order chi connectivity index (χ0) is 26.4. The Morgan fingerprint density at radius 1 is 1.08 bits per heavy atom. The van der Waals surface area contributed by atoms with E-state index in [1.165, 1.54) is 7.11 Å². The molecular weight excluding hydrogens is 488 g/mol. The van der Waals surface area contributed by atoms with E-state index in [1.807, 2.05) is 0 Å². The molecule has 190 valence electrons. The fraction of sp³-hybridized carbons (Fsp3) is 0.308. The molecule has 0 spiro atoms. The number of hydrogen-bond donors (Lipinski definition) is 3. The molecule has 1 heterocycles. The molecule has 0 saturated carbocycles. The fourth-order valence-electron chi connectivity index (χ4n) is 3.88. The van der Waals surface area contributed by atoms with Gasteiger partial charge in [-0.3, -0.25) is 14.4 Å². The van der Waals surface area contributed by atoms with Gasteiger partial charge < -0.3 is 24.9 Å². The van der Waals surface area contributed by atoms with Crippen molar-refractivity contribution >= 4 is 40.4 Å². The number of aliphatic carboxylic acids is 1. The molecule has 0 unspecified atom stereocenters. The highest BCUT2D eigenvalue weighted by molar-refractivity contribution is 6.30. The van der Waals surface area contributed by atoms with Crippen molar-refractivity contribution in [3.05, 3.63) is 74.1 Å². The van der Waals surface area contributed by atoms with Gasteiger partial charge in [0.25, 0.3) is 0 Å². The first-order valence-electron chi connectivity index (χ1n) is 11.2. The Labute approximate surface area is 212 Å². The number of ether oxygens (including phenoxy) is 1. The van der Waals surface area contributed by atoms with Gasteiger partial charge in [-0.25, -0.2) is 4.79 Å². The van der Waals surface area contributed by atoms with Gasteiger partial charge in [-0.1, -0.05) is 23.7 Å². The number of carboxylic acid groups (broad SMARTS) is 1. The minimum absolute atomic E-state index is 0.0860. The number of carboxylic acids is 1. The lowest BCUT2D eigenvalue weighted by Gasteiger charge is -2.19. The van der Waals surface area contributed by atoms with Gasteiger partial charge in [0.2, 0.25) is 11.8 Å². The Morgan fingerprint density at radius 2 is 1.78 bits per heavy atom. The molecule has 2 aromatic carbocycles. The van der Waals surface area contributed by atoms with Crippen molar-refractivity contribution in [3.8, 4) is 5.75 Å². The average molecular weight is 515 g/mol. The molecule has 36 heavy (non-hydrogen) atoms. The number of aryl methyl sites for hydroxylation is 2. The molecule has 0 bridgehead atoms. The molecule has 1 atom stereocenters. The summed E-state index contributed by atoms with van der Waals surface area (Å²) in [6, 6.07) is 9.32. The Morgan fingerprint density at radius 3 is 2.42 bits per heavy atom. The molecule has 0 aliphatic rings. The van der Waals surface area contributed by atoms with Crippen LogP contribution in [0.25, 0.3) is 11.0 Å². The first-order chi connectivity index (χ1) is 17.1. The number of halogens is 1. The van der Waals surface area contributed by atoms with E-state index in [1.54, 1.807) is 50.2 Å². The SMILES string of the molecule is COc1ccc2c(C)c(CC(=O)N[C@@H](Cc3ccc(Cl)cc3)C(=O)NCCC(=O)O)c(=O)oc2c1C. The molecule has 3 rings (SSSR count). The van der Waals surface area contributed by atoms with Gasteiger partial charge in [0.05, 0.1) is 25.5 Å². The molecule has 9 nitrogen and oxygen atoms in total. The van der Waals surface area contributed by atoms with Crippen LogP contribution in [0, 0.1) is 13.8 Å². The van der Waals surface area contributed by atoms with E-state index in [4.69, 9.17) is 25.9 Å². The second kappa shape index (κ2) is 11.7. The van der Waals surface area contributed by atoms with Crippen molar-refractivity contribution in [1.82, 2.24) is 10.6 Å².